The lowest BCUT2D eigenvalue weighted by molar-refractivity contribution is -0.122. The van der Waals surface area contributed by atoms with Gasteiger partial charge in [-0.25, -0.2) is 0 Å². The second-order valence-electron chi connectivity index (χ2n) is 4.59. The minimum atomic E-state index is -0.171. The van der Waals surface area contributed by atoms with E-state index in [2.05, 4.69) is 19.2 Å². The number of aliphatic hydroxyl groups is 1. The zero-order valence-electron chi connectivity index (χ0n) is 9.99. The van der Waals surface area contributed by atoms with Crippen molar-refractivity contribution in [3.8, 4) is 0 Å². The molecule has 0 aromatic heterocycles. The Bertz CT molecular complexity index is 183. The second kappa shape index (κ2) is 7.65. The van der Waals surface area contributed by atoms with Gasteiger partial charge in [-0.3, -0.25) is 4.79 Å². The third-order valence-corrected chi connectivity index (χ3v) is 2.29. The first-order valence-corrected chi connectivity index (χ1v) is 5.59. The molecule has 4 N–H and O–H groups in total. The fraction of sp³-hybridized carbons (Fsp3) is 0.909. The third kappa shape index (κ3) is 7.33. The SMILES string of the molecule is CC(C)C[C@H](CN)CC(=O)N[C@@H](C)CO. The topological polar surface area (TPSA) is 75.4 Å². The maximum absolute atomic E-state index is 11.5. The van der Waals surface area contributed by atoms with Crippen molar-refractivity contribution < 1.29 is 9.90 Å². The van der Waals surface area contributed by atoms with Crippen LogP contribution in [0.4, 0.5) is 0 Å². The largest absolute Gasteiger partial charge is 0.394 e. The molecule has 4 nitrogen and oxygen atoms in total. The van der Waals surface area contributed by atoms with Gasteiger partial charge in [0.15, 0.2) is 0 Å². The maximum atomic E-state index is 11.5. The molecule has 4 heteroatoms. The van der Waals surface area contributed by atoms with E-state index in [0.29, 0.717) is 18.9 Å². The Kier molecular flexibility index (Phi) is 7.34. The Morgan fingerprint density at radius 1 is 1.40 bits per heavy atom. The lowest BCUT2D eigenvalue weighted by Gasteiger charge is -2.18. The van der Waals surface area contributed by atoms with Crippen LogP contribution in [0.25, 0.3) is 0 Å². The van der Waals surface area contributed by atoms with E-state index in [1.54, 1.807) is 6.92 Å². The summed E-state index contributed by atoms with van der Waals surface area (Å²) in [7, 11) is 0. The summed E-state index contributed by atoms with van der Waals surface area (Å²) in [6.45, 7) is 6.54. The molecule has 0 bridgehead atoms. The summed E-state index contributed by atoms with van der Waals surface area (Å²) >= 11 is 0. The minimum absolute atomic E-state index is 0.0207. The summed E-state index contributed by atoms with van der Waals surface area (Å²) in [5.41, 5.74) is 5.60. The summed E-state index contributed by atoms with van der Waals surface area (Å²) < 4.78 is 0. The summed E-state index contributed by atoms with van der Waals surface area (Å²) in [6.07, 6.45) is 1.43. The van der Waals surface area contributed by atoms with E-state index in [9.17, 15) is 4.79 Å². The summed E-state index contributed by atoms with van der Waals surface area (Å²) in [6, 6.07) is -0.171. The first-order chi connectivity index (χ1) is 6.99. The standard InChI is InChI=1S/C11H24N2O2/c1-8(2)4-10(6-12)5-11(15)13-9(3)7-14/h8-10,14H,4-7,12H2,1-3H3,(H,13,15)/t9-,10-/m0/s1. The van der Waals surface area contributed by atoms with E-state index >= 15 is 0 Å². The lowest BCUT2D eigenvalue weighted by atomic mass is 9.94. The quantitative estimate of drug-likeness (QED) is 0.580. The predicted octanol–water partition coefficient (Wildman–Crippen LogP) is 0.495. The highest BCUT2D eigenvalue weighted by molar-refractivity contribution is 5.76. The van der Waals surface area contributed by atoms with Crippen molar-refractivity contribution in [1.82, 2.24) is 5.32 Å². The maximum Gasteiger partial charge on any atom is 0.220 e. The molecular formula is C11H24N2O2. The smallest absolute Gasteiger partial charge is 0.220 e. The van der Waals surface area contributed by atoms with Crippen molar-refractivity contribution in [2.45, 2.75) is 39.7 Å². The van der Waals surface area contributed by atoms with E-state index in [1.807, 2.05) is 0 Å². The molecule has 0 spiro atoms. The molecular weight excluding hydrogens is 192 g/mol. The van der Waals surface area contributed by atoms with Gasteiger partial charge >= 0.3 is 0 Å². The Balaban J connectivity index is 3.90. The molecule has 0 aliphatic carbocycles. The zero-order chi connectivity index (χ0) is 11.8. The average molecular weight is 216 g/mol. The van der Waals surface area contributed by atoms with Crippen LogP contribution in [0.15, 0.2) is 0 Å². The number of carbonyl (C=O) groups is 1. The summed E-state index contributed by atoms with van der Waals surface area (Å²) in [4.78, 5) is 11.5. The van der Waals surface area contributed by atoms with Gasteiger partial charge in [-0.1, -0.05) is 13.8 Å². The molecule has 0 aromatic carbocycles. The first kappa shape index (κ1) is 14.4. The first-order valence-electron chi connectivity index (χ1n) is 5.59. The van der Waals surface area contributed by atoms with Crippen molar-refractivity contribution in [3.05, 3.63) is 0 Å². The zero-order valence-corrected chi connectivity index (χ0v) is 9.99. The molecule has 0 aliphatic rings. The van der Waals surface area contributed by atoms with Gasteiger partial charge in [0.05, 0.1) is 6.61 Å². The fourth-order valence-corrected chi connectivity index (χ4v) is 1.57. The molecule has 0 radical (unpaired) electrons. The molecule has 0 unspecified atom stereocenters. The molecule has 0 saturated carbocycles. The third-order valence-electron chi connectivity index (χ3n) is 2.29. The Hall–Kier alpha value is -0.610. The van der Waals surface area contributed by atoms with Gasteiger partial charge in [-0.15, -0.1) is 0 Å². The molecule has 90 valence electrons. The summed E-state index contributed by atoms with van der Waals surface area (Å²) in [5, 5.41) is 11.5. The minimum Gasteiger partial charge on any atom is -0.394 e. The van der Waals surface area contributed by atoms with Crippen LogP contribution in [0.1, 0.15) is 33.6 Å². The molecule has 0 saturated heterocycles. The van der Waals surface area contributed by atoms with Crippen LogP contribution < -0.4 is 11.1 Å². The van der Waals surface area contributed by atoms with Crippen LogP contribution in [-0.4, -0.2) is 30.2 Å². The summed E-state index contributed by atoms with van der Waals surface area (Å²) in [5.74, 6) is 0.783. The monoisotopic (exact) mass is 216 g/mol. The Morgan fingerprint density at radius 2 is 2.00 bits per heavy atom. The van der Waals surface area contributed by atoms with Crippen LogP contribution >= 0.6 is 0 Å². The van der Waals surface area contributed by atoms with Crippen molar-refractivity contribution in [2.24, 2.45) is 17.6 Å². The van der Waals surface area contributed by atoms with Gasteiger partial charge in [-0.2, -0.15) is 0 Å². The Morgan fingerprint density at radius 3 is 2.40 bits per heavy atom. The Labute approximate surface area is 92.2 Å². The van der Waals surface area contributed by atoms with E-state index in [-0.39, 0.29) is 24.5 Å². The van der Waals surface area contributed by atoms with Crippen LogP contribution in [-0.2, 0) is 4.79 Å². The van der Waals surface area contributed by atoms with Crippen LogP contribution in [0.3, 0.4) is 0 Å². The van der Waals surface area contributed by atoms with Crippen LogP contribution in [0, 0.1) is 11.8 Å². The molecule has 0 aromatic rings. The van der Waals surface area contributed by atoms with Gasteiger partial charge < -0.3 is 16.2 Å². The van der Waals surface area contributed by atoms with Gasteiger partial charge in [0.25, 0.3) is 0 Å². The number of aliphatic hydroxyl groups excluding tert-OH is 1. The van der Waals surface area contributed by atoms with E-state index in [0.717, 1.165) is 6.42 Å². The van der Waals surface area contributed by atoms with Gasteiger partial charge in [0, 0.05) is 12.5 Å². The van der Waals surface area contributed by atoms with Crippen LogP contribution in [0.5, 0.6) is 0 Å². The number of nitrogens with two attached hydrogens (primary N) is 1. The highest BCUT2D eigenvalue weighted by Gasteiger charge is 2.15. The second-order valence-corrected chi connectivity index (χ2v) is 4.59. The number of amides is 1. The van der Waals surface area contributed by atoms with E-state index in [1.165, 1.54) is 0 Å². The average Bonchev–Trinajstić information content (AvgIpc) is 2.15. The highest BCUT2D eigenvalue weighted by atomic mass is 16.3. The predicted molar refractivity (Wildman–Crippen MR) is 61.3 cm³/mol. The van der Waals surface area contributed by atoms with Gasteiger partial charge in [0.1, 0.15) is 0 Å². The highest BCUT2D eigenvalue weighted by Crippen LogP contribution is 2.13. The van der Waals surface area contributed by atoms with Crippen LogP contribution in [0.2, 0.25) is 0 Å². The molecule has 0 aliphatic heterocycles. The number of hydrogen-bond acceptors (Lipinski definition) is 3. The molecule has 1 amide bonds. The lowest BCUT2D eigenvalue weighted by Crippen LogP contribution is -2.37. The molecule has 15 heavy (non-hydrogen) atoms. The molecule has 0 heterocycles. The van der Waals surface area contributed by atoms with Crippen molar-refractivity contribution >= 4 is 5.91 Å². The van der Waals surface area contributed by atoms with Crippen molar-refractivity contribution in [2.75, 3.05) is 13.2 Å². The van der Waals surface area contributed by atoms with Gasteiger partial charge in [-0.05, 0) is 31.7 Å². The van der Waals surface area contributed by atoms with Crippen molar-refractivity contribution in [1.29, 1.82) is 0 Å². The molecule has 0 fully saturated rings. The number of rotatable bonds is 7. The number of carbonyl (C=O) groups excluding carboxylic acids is 1. The van der Waals surface area contributed by atoms with E-state index in [4.69, 9.17) is 10.8 Å². The fourth-order valence-electron chi connectivity index (χ4n) is 1.57. The number of nitrogens with one attached hydrogen (secondary N) is 1. The van der Waals surface area contributed by atoms with Crippen molar-refractivity contribution in [3.63, 3.8) is 0 Å². The van der Waals surface area contributed by atoms with Gasteiger partial charge in [0.2, 0.25) is 5.91 Å². The molecule has 2 atom stereocenters. The number of hydrogen-bond donors (Lipinski definition) is 3. The molecule has 0 rings (SSSR count). The normalized spacial score (nSPS) is 15.1. The van der Waals surface area contributed by atoms with E-state index < -0.39 is 0 Å².